The monoisotopic (exact) mass is 293 g/mol. The quantitative estimate of drug-likeness (QED) is 0.788. The molecule has 0 aromatic heterocycles. The van der Waals surface area contributed by atoms with Gasteiger partial charge in [-0.3, -0.25) is 0 Å². The average Bonchev–Trinajstić information content (AvgIpc) is 2.45. The zero-order chi connectivity index (χ0) is 16.0. The highest BCUT2D eigenvalue weighted by atomic mass is 16.5. The molecule has 0 radical (unpaired) electrons. The van der Waals surface area contributed by atoms with Gasteiger partial charge in [0.25, 0.3) is 0 Å². The van der Waals surface area contributed by atoms with Gasteiger partial charge < -0.3 is 14.8 Å². The summed E-state index contributed by atoms with van der Waals surface area (Å²) in [6, 6.07) is 6.57. The Morgan fingerprint density at radius 1 is 1.05 bits per heavy atom. The molecule has 0 spiro atoms. The molecule has 1 unspecified atom stereocenters. The number of benzene rings is 1. The normalized spacial score (nSPS) is 13.3. The van der Waals surface area contributed by atoms with Gasteiger partial charge in [0, 0.05) is 12.6 Å². The molecule has 0 aliphatic carbocycles. The van der Waals surface area contributed by atoms with Gasteiger partial charge in [-0.2, -0.15) is 0 Å². The molecule has 0 saturated heterocycles. The van der Waals surface area contributed by atoms with Gasteiger partial charge in [-0.1, -0.05) is 33.8 Å². The van der Waals surface area contributed by atoms with E-state index in [1.807, 2.05) is 6.07 Å². The van der Waals surface area contributed by atoms with Crippen molar-refractivity contribution < 1.29 is 9.47 Å². The minimum absolute atomic E-state index is 0.311. The van der Waals surface area contributed by atoms with E-state index < -0.39 is 0 Å². The standard InChI is InChI=1S/C18H31NO2/c1-13(2)18(4,5)12-19-14(3)10-15-8-9-16(20-6)17(11-15)21-7/h8-9,11,13-14,19H,10,12H2,1-7H3. The predicted molar refractivity (Wildman–Crippen MR) is 89.3 cm³/mol. The molecule has 0 heterocycles. The zero-order valence-corrected chi connectivity index (χ0v) is 14.6. The largest absolute Gasteiger partial charge is 0.493 e. The van der Waals surface area contributed by atoms with E-state index in [2.05, 4.69) is 52.1 Å². The highest BCUT2D eigenvalue weighted by Crippen LogP contribution is 2.28. The van der Waals surface area contributed by atoms with Gasteiger partial charge in [0.05, 0.1) is 14.2 Å². The second-order valence-corrected chi connectivity index (χ2v) is 6.82. The van der Waals surface area contributed by atoms with Crippen LogP contribution in [0.1, 0.15) is 40.2 Å². The van der Waals surface area contributed by atoms with Crippen molar-refractivity contribution in [1.82, 2.24) is 5.32 Å². The zero-order valence-electron chi connectivity index (χ0n) is 14.6. The second kappa shape index (κ2) is 7.69. The van der Waals surface area contributed by atoms with Crippen LogP contribution < -0.4 is 14.8 Å². The van der Waals surface area contributed by atoms with E-state index in [1.165, 1.54) is 5.56 Å². The molecule has 1 atom stereocenters. The Morgan fingerprint density at radius 3 is 2.19 bits per heavy atom. The smallest absolute Gasteiger partial charge is 0.160 e. The van der Waals surface area contributed by atoms with Gasteiger partial charge in [-0.25, -0.2) is 0 Å². The van der Waals surface area contributed by atoms with Crippen molar-refractivity contribution in [2.75, 3.05) is 20.8 Å². The molecule has 0 aliphatic rings. The van der Waals surface area contributed by atoms with Crippen molar-refractivity contribution in [1.29, 1.82) is 0 Å². The van der Waals surface area contributed by atoms with E-state index in [0.29, 0.717) is 17.4 Å². The van der Waals surface area contributed by atoms with E-state index in [-0.39, 0.29) is 0 Å². The molecular weight excluding hydrogens is 262 g/mol. The minimum atomic E-state index is 0.311. The lowest BCUT2D eigenvalue weighted by Crippen LogP contribution is -2.39. The Morgan fingerprint density at radius 2 is 1.67 bits per heavy atom. The minimum Gasteiger partial charge on any atom is -0.493 e. The van der Waals surface area contributed by atoms with Crippen LogP contribution in [0.2, 0.25) is 0 Å². The molecule has 1 aromatic carbocycles. The summed E-state index contributed by atoms with van der Waals surface area (Å²) >= 11 is 0. The number of methoxy groups -OCH3 is 2. The van der Waals surface area contributed by atoms with Crippen LogP contribution in [-0.4, -0.2) is 26.8 Å². The predicted octanol–water partition coefficient (Wildman–Crippen LogP) is 3.91. The first-order valence-electron chi connectivity index (χ1n) is 7.74. The summed E-state index contributed by atoms with van der Waals surface area (Å²) in [5.74, 6) is 2.24. The van der Waals surface area contributed by atoms with Crippen LogP contribution in [0.5, 0.6) is 11.5 Å². The summed E-state index contributed by atoms with van der Waals surface area (Å²) in [5, 5.41) is 3.65. The van der Waals surface area contributed by atoms with Crippen LogP contribution in [0.15, 0.2) is 18.2 Å². The summed E-state index contributed by atoms with van der Waals surface area (Å²) in [5.41, 5.74) is 1.57. The Kier molecular flexibility index (Phi) is 6.53. The Labute approximate surface area is 130 Å². The average molecular weight is 293 g/mol. The van der Waals surface area contributed by atoms with E-state index in [9.17, 15) is 0 Å². The maximum atomic E-state index is 5.36. The summed E-state index contributed by atoms with van der Waals surface area (Å²) < 4.78 is 10.6. The highest BCUT2D eigenvalue weighted by Gasteiger charge is 2.22. The molecule has 0 bridgehead atoms. The van der Waals surface area contributed by atoms with Crippen LogP contribution >= 0.6 is 0 Å². The van der Waals surface area contributed by atoms with Gasteiger partial charge >= 0.3 is 0 Å². The van der Waals surface area contributed by atoms with E-state index in [4.69, 9.17) is 9.47 Å². The molecular formula is C18H31NO2. The number of hydrogen-bond acceptors (Lipinski definition) is 3. The molecule has 1 N–H and O–H groups in total. The Hall–Kier alpha value is -1.22. The third-order valence-corrected chi connectivity index (χ3v) is 4.46. The summed E-state index contributed by atoms with van der Waals surface area (Å²) in [6.07, 6.45) is 0.981. The second-order valence-electron chi connectivity index (χ2n) is 6.82. The number of hydrogen-bond donors (Lipinski definition) is 1. The first-order chi connectivity index (χ1) is 9.80. The fourth-order valence-corrected chi connectivity index (χ4v) is 2.07. The maximum Gasteiger partial charge on any atom is 0.160 e. The van der Waals surface area contributed by atoms with Crippen LogP contribution in [0.3, 0.4) is 0 Å². The van der Waals surface area contributed by atoms with Crippen molar-refractivity contribution in [2.24, 2.45) is 11.3 Å². The van der Waals surface area contributed by atoms with Gasteiger partial charge in [0.15, 0.2) is 11.5 Å². The van der Waals surface area contributed by atoms with E-state index >= 15 is 0 Å². The van der Waals surface area contributed by atoms with Crippen molar-refractivity contribution in [3.05, 3.63) is 23.8 Å². The van der Waals surface area contributed by atoms with E-state index in [0.717, 1.165) is 24.5 Å². The van der Waals surface area contributed by atoms with E-state index in [1.54, 1.807) is 14.2 Å². The van der Waals surface area contributed by atoms with Gasteiger partial charge in [0.1, 0.15) is 0 Å². The molecule has 3 nitrogen and oxygen atoms in total. The number of ether oxygens (including phenoxy) is 2. The molecule has 120 valence electrons. The molecule has 1 aromatic rings. The molecule has 3 heteroatoms. The molecule has 21 heavy (non-hydrogen) atoms. The first kappa shape index (κ1) is 17.8. The lowest BCUT2D eigenvalue weighted by molar-refractivity contribution is 0.230. The van der Waals surface area contributed by atoms with Crippen LogP contribution in [0.25, 0.3) is 0 Å². The van der Waals surface area contributed by atoms with Gasteiger partial charge in [-0.15, -0.1) is 0 Å². The third kappa shape index (κ3) is 5.24. The SMILES string of the molecule is COc1ccc(CC(C)NCC(C)(C)C(C)C)cc1OC. The van der Waals surface area contributed by atoms with Crippen LogP contribution in [0.4, 0.5) is 0 Å². The van der Waals surface area contributed by atoms with Gasteiger partial charge in [-0.05, 0) is 42.4 Å². The topological polar surface area (TPSA) is 30.5 Å². The third-order valence-electron chi connectivity index (χ3n) is 4.46. The van der Waals surface area contributed by atoms with Crippen molar-refractivity contribution in [3.63, 3.8) is 0 Å². The van der Waals surface area contributed by atoms with Crippen LogP contribution in [0, 0.1) is 11.3 Å². The van der Waals surface area contributed by atoms with Gasteiger partial charge in [0.2, 0.25) is 0 Å². The van der Waals surface area contributed by atoms with Crippen molar-refractivity contribution >= 4 is 0 Å². The molecule has 0 saturated carbocycles. The highest BCUT2D eigenvalue weighted by molar-refractivity contribution is 5.43. The van der Waals surface area contributed by atoms with Crippen molar-refractivity contribution in [2.45, 2.75) is 47.1 Å². The molecule has 1 rings (SSSR count). The molecule has 0 fully saturated rings. The molecule has 0 aliphatic heterocycles. The fourth-order valence-electron chi connectivity index (χ4n) is 2.07. The first-order valence-corrected chi connectivity index (χ1v) is 7.74. The number of nitrogens with one attached hydrogen (secondary N) is 1. The summed E-state index contributed by atoms with van der Waals surface area (Å²) in [4.78, 5) is 0. The summed E-state index contributed by atoms with van der Waals surface area (Å²) in [6.45, 7) is 12.4. The van der Waals surface area contributed by atoms with Crippen molar-refractivity contribution in [3.8, 4) is 11.5 Å². The lowest BCUT2D eigenvalue weighted by atomic mass is 9.81. The number of rotatable bonds is 8. The Bertz CT molecular complexity index is 441. The summed E-state index contributed by atoms with van der Waals surface area (Å²) in [7, 11) is 3.34. The molecule has 0 amide bonds. The maximum absolute atomic E-state index is 5.36. The fraction of sp³-hybridized carbons (Fsp3) is 0.667. The lowest BCUT2D eigenvalue weighted by Gasteiger charge is -2.31. The van der Waals surface area contributed by atoms with Crippen LogP contribution in [-0.2, 0) is 6.42 Å². The Balaban J connectivity index is 2.61.